The first-order valence-corrected chi connectivity index (χ1v) is 7.86. The van der Waals surface area contributed by atoms with Gasteiger partial charge >= 0.3 is 5.97 Å². The highest BCUT2D eigenvalue weighted by atomic mass is 35.5. The number of sulfonamides is 1. The first-order chi connectivity index (χ1) is 10.3. The van der Waals surface area contributed by atoms with E-state index in [4.69, 9.17) is 11.6 Å². The second-order valence-corrected chi connectivity index (χ2v) is 6.34. The number of hydrogen-bond acceptors (Lipinski definition) is 4. The molecule has 0 aliphatic rings. The SMILES string of the molecule is COC(=O)c1ccc(Cl)c(NS(=O)(=O)c2ccc(F)cc2)c1. The van der Waals surface area contributed by atoms with Gasteiger partial charge in [-0.1, -0.05) is 11.6 Å². The Labute approximate surface area is 131 Å². The number of anilines is 1. The summed E-state index contributed by atoms with van der Waals surface area (Å²) in [6.07, 6.45) is 0. The van der Waals surface area contributed by atoms with Gasteiger partial charge in [-0.15, -0.1) is 0 Å². The predicted octanol–water partition coefficient (Wildman–Crippen LogP) is 3.07. The first-order valence-electron chi connectivity index (χ1n) is 6.00. The number of ether oxygens (including phenoxy) is 1. The van der Waals surface area contributed by atoms with Crippen LogP contribution in [0.3, 0.4) is 0 Å². The molecule has 2 aromatic rings. The molecular weight excluding hydrogens is 333 g/mol. The Bertz CT molecular complexity index is 806. The summed E-state index contributed by atoms with van der Waals surface area (Å²) >= 11 is 5.92. The summed E-state index contributed by atoms with van der Waals surface area (Å²) in [5.74, 6) is -1.18. The Morgan fingerprint density at radius 3 is 2.41 bits per heavy atom. The number of methoxy groups -OCH3 is 1. The number of nitrogens with one attached hydrogen (secondary N) is 1. The van der Waals surface area contributed by atoms with Gasteiger partial charge in [0.1, 0.15) is 5.82 Å². The zero-order valence-electron chi connectivity index (χ0n) is 11.3. The molecule has 0 saturated carbocycles. The molecule has 1 N–H and O–H groups in total. The zero-order valence-corrected chi connectivity index (χ0v) is 12.9. The van der Waals surface area contributed by atoms with Gasteiger partial charge in [-0.05, 0) is 42.5 Å². The number of carbonyl (C=O) groups excluding carboxylic acids is 1. The fraction of sp³-hybridized carbons (Fsp3) is 0.0714. The van der Waals surface area contributed by atoms with Crippen molar-refractivity contribution < 1.29 is 22.3 Å². The van der Waals surface area contributed by atoms with E-state index in [2.05, 4.69) is 9.46 Å². The highest BCUT2D eigenvalue weighted by Crippen LogP contribution is 2.26. The van der Waals surface area contributed by atoms with Crippen LogP contribution in [0.2, 0.25) is 5.02 Å². The van der Waals surface area contributed by atoms with Crippen LogP contribution in [0.15, 0.2) is 47.4 Å². The van der Waals surface area contributed by atoms with Crippen LogP contribution < -0.4 is 4.72 Å². The molecule has 0 bridgehead atoms. The molecule has 2 rings (SSSR count). The van der Waals surface area contributed by atoms with Gasteiger partial charge in [0.2, 0.25) is 0 Å². The molecule has 5 nitrogen and oxygen atoms in total. The van der Waals surface area contributed by atoms with E-state index in [0.29, 0.717) is 0 Å². The predicted molar refractivity (Wildman–Crippen MR) is 80.0 cm³/mol. The maximum atomic E-state index is 12.9. The Morgan fingerprint density at radius 1 is 1.18 bits per heavy atom. The second kappa shape index (κ2) is 6.33. The lowest BCUT2D eigenvalue weighted by molar-refractivity contribution is 0.0601. The largest absolute Gasteiger partial charge is 0.465 e. The Morgan fingerprint density at radius 2 is 1.82 bits per heavy atom. The third kappa shape index (κ3) is 3.55. The summed E-state index contributed by atoms with van der Waals surface area (Å²) in [6.45, 7) is 0. The van der Waals surface area contributed by atoms with E-state index in [1.54, 1.807) is 0 Å². The van der Waals surface area contributed by atoms with Crippen molar-refractivity contribution >= 4 is 33.3 Å². The zero-order chi connectivity index (χ0) is 16.3. The fourth-order valence-electron chi connectivity index (χ4n) is 1.67. The van der Waals surface area contributed by atoms with Gasteiger partial charge in [0.05, 0.1) is 28.3 Å². The van der Waals surface area contributed by atoms with Crippen LogP contribution in [0, 0.1) is 5.82 Å². The van der Waals surface area contributed by atoms with Crippen molar-refractivity contribution in [1.29, 1.82) is 0 Å². The Hall–Kier alpha value is -2.12. The van der Waals surface area contributed by atoms with Crippen molar-refractivity contribution in [3.05, 3.63) is 58.9 Å². The van der Waals surface area contributed by atoms with E-state index in [1.165, 1.54) is 25.3 Å². The third-order valence-corrected chi connectivity index (χ3v) is 4.47. The molecule has 0 amide bonds. The summed E-state index contributed by atoms with van der Waals surface area (Å²) in [5, 5.41) is 0.110. The molecule has 0 aromatic heterocycles. The number of benzene rings is 2. The van der Waals surface area contributed by atoms with Crippen LogP contribution in [0.1, 0.15) is 10.4 Å². The van der Waals surface area contributed by atoms with Crippen LogP contribution in [0.25, 0.3) is 0 Å². The third-order valence-electron chi connectivity index (χ3n) is 2.76. The number of rotatable bonds is 4. The smallest absolute Gasteiger partial charge is 0.337 e. The van der Waals surface area contributed by atoms with E-state index in [9.17, 15) is 17.6 Å². The number of hydrogen-bond donors (Lipinski definition) is 1. The molecular formula is C14H11ClFNO4S. The van der Waals surface area contributed by atoms with Gasteiger partial charge in [-0.25, -0.2) is 17.6 Å². The molecule has 8 heteroatoms. The number of esters is 1. The summed E-state index contributed by atoms with van der Waals surface area (Å²) < 4.78 is 44.1. The van der Waals surface area contributed by atoms with Crippen LogP contribution in [-0.4, -0.2) is 21.5 Å². The summed E-state index contributed by atoms with van der Waals surface area (Å²) in [4.78, 5) is 11.3. The van der Waals surface area contributed by atoms with Gasteiger partial charge in [0.25, 0.3) is 10.0 Å². The Balaban J connectivity index is 2.37. The normalized spacial score (nSPS) is 11.0. The fourth-order valence-corrected chi connectivity index (χ4v) is 2.96. The minimum absolute atomic E-state index is 0.0221. The van der Waals surface area contributed by atoms with Gasteiger partial charge < -0.3 is 4.74 Å². The maximum Gasteiger partial charge on any atom is 0.337 e. The van der Waals surface area contributed by atoms with Crippen molar-refractivity contribution in [3.63, 3.8) is 0 Å². The molecule has 2 aromatic carbocycles. The summed E-state index contributed by atoms with van der Waals surface area (Å²) in [7, 11) is -2.75. The van der Waals surface area contributed by atoms with Crippen molar-refractivity contribution in [2.75, 3.05) is 11.8 Å². The van der Waals surface area contributed by atoms with Crippen LogP contribution in [0.4, 0.5) is 10.1 Å². The minimum atomic E-state index is -3.96. The summed E-state index contributed by atoms with van der Waals surface area (Å²) in [6, 6.07) is 8.34. The highest BCUT2D eigenvalue weighted by Gasteiger charge is 2.17. The molecule has 0 atom stereocenters. The topological polar surface area (TPSA) is 72.5 Å². The molecule has 22 heavy (non-hydrogen) atoms. The second-order valence-electron chi connectivity index (χ2n) is 4.25. The lowest BCUT2D eigenvalue weighted by Gasteiger charge is -2.11. The van der Waals surface area contributed by atoms with E-state index in [0.717, 1.165) is 24.3 Å². The van der Waals surface area contributed by atoms with Gasteiger partial charge in [-0.3, -0.25) is 4.72 Å². The molecule has 0 unspecified atom stereocenters. The average molecular weight is 344 g/mol. The minimum Gasteiger partial charge on any atom is -0.465 e. The van der Waals surface area contributed by atoms with E-state index < -0.39 is 21.8 Å². The van der Waals surface area contributed by atoms with Crippen LogP contribution in [-0.2, 0) is 14.8 Å². The lowest BCUT2D eigenvalue weighted by Crippen LogP contribution is -2.14. The van der Waals surface area contributed by atoms with Crippen molar-refractivity contribution in [3.8, 4) is 0 Å². The van der Waals surface area contributed by atoms with Crippen LogP contribution >= 0.6 is 11.6 Å². The quantitative estimate of drug-likeness (QED) is 0.866. The molecule has 0 heterocycles. The molecule has 116 valence electrons. The van der Waals surface area contributed by atoms with Gasteiger partial charge in [0.15, 0.2) is 0 Å². The van der Waals surface area contributed by atoms with Crippen molar-refractivity contribution in [1.82, 2.24) is 0 Å². The van der Waals surface area contributed by atoms with E-state index in [-0.39, 0.29) is 21.2 Å². The average Bonchev–Trinajstić information content (AvgIpc) is 2.49. The standard InChI is InChI=1S/C14H11ClFNO4S/c1-21-14(18)9-2-7-12(15)13(8-9)17-22(19,20)11-5-3-10(16)4-6-11/h2-8,17H,1H3. The highest BCUT2D eigenvalue weighted by molar-refractivity contribution is 7.92. The summed E-state index contributed by atoms with van der Waals surface area (Å²) in [5.41, 5.74) is 0.164. The molecule has 0 aliphatic heterocycles. The molecule has 0 spiro atoms. The molecule has 0 saturated heterocycles. The van der Waals surface area contributed by atoms with E-state index in [1.807, 2.05) is 0 Å². The monoisotopic (exact) mass is 343 g/mol. The van der Waals surface area contributed by atoms with Gasteiger partial charge in [0, 0.05) is 0 Å². The van der Waals surface area contributed by atoms with Crippen LogP contribution in [0.5, 0.6) is 0 Å². The first kappa shape index (κ1) is 16.3. The van der Waals surface area contributed by atoms with Gasteiger partial charge in [-0.2, -0.15) is 0 Å². The van der Waals surface area contributed by atoms with Crippen molar-refractivity contribution in [2.24, 2.45) is 0 Å². The Kier molecular flexibility index (Phi) is 4.68. The van der Waals surface area contributed by atoms with Crippen molar-refractivity contribution in [2.45, 2.75) is 4.90 Å². The number of halogens is 2. The maximum absolute atomic E-state index is 12.9. The molecule has 0 aliphatic carbocycles. The molecule has 0 radical (unpaired) electrons. The lowest BCUT2D eigenvalue weighted by atomic mass is 10.2. The molecule has 0 fully saturated rings. The van der Waals surface area contributed by atoms with E-state index >= 15 is 0 Å². The number of carbonyl (C=O) groups is 1.